The Balaban J connectivity index is 2.04. The van der Waals surface area contributed by atoms with Gasteiger partial charge in [0.25, 0.3) is 0 Å². The molecule has 1 aromatic carbocycles. The first-order valence-electron chi connectivity index (χ1n) is 8.83. The normalized spacial score (nSPS) is 21.7. The van der Waals surface area contributed by atoms with Crippen LogP contribution in [0, 0.1) is 5.41 Å². The van der Waals surface area contributed by atoms with Crippen LogP contribution in [-0.4, -0.2) is 51.3 Å². The molecule has 6 nitrogen and oxygen atoms in total. The van der Waals surface area contributed by atoms with Gasteiger partial charge in [-0.1, -0.05) is 16.5 Å². The SMILES string of the molecule is COc1cccc2c1CC1(CCN(C(=O)O)CC1)C2=N[S+]([O-])C(C)(C)C. The molecule has 3 rings (SSSR count). The molecular formula is C19H26N2O4S. The summed E-state index contributed by atoms with van der Waals surface area (Å²) in [4.78, 5) is 12.7. The van der Waals surface area contributed by atoms with E-state index in [0.29, 0.717) is 25.9 Å². The molecule has 1 N–H and O–H groups in total. The fourth-order valence-corrected chi connectivity index (χ4v) is 4.51. The van der Waals surface area contributed by atoms with Crippen LogP contribution in [-0.2, 0) is 17.8 Å². The van der Waals surface area contributed by atoms with Crippen molar-refractivity contribution in [1.82, 2.24) is 4.90 Å². The molecule has 1 atom stereocenters. The van der Waals surface area contributed by atoms with Crippen molar-refractivity contribution in [3.8, 4) is 5.75 Å². The third kappa shape index (κ3) is 3.30. The maximum Gasteiger partial charge on any atom is 0.407 e. The van der Waals surface area contributed by atoms with Gasteiger partial charge < -0.3 is 19.3 Å². The number of carboxylic acid groups (broad SMARTS) is 1. The number of methoxy groups -OCH3 is 1. The van der Waals surface area contributed by atoms with Gasteiger partial charge in [0.2, 0.25) is 0 Å². The molecule has 1 heterocycles. The van der Waals surface area contributed by atoms with Gasteiger partial charge in [0.05, 0.1) is 7.11 Å². The van der Waals surface area contributed by atoms with E-state index in [-0.39, 0.29) is 5.41 Å². The lowest BCUT2D eigenvalue weighted by molar-refractivity contribution is 0.114. The van der Waals surface area contributed by atoms with E-state index in [1.165, 1.54) is 4.90 Å². The van der Waals surface area contributed by atoms with Crippen LogP contribution in [0.3, 0.4) is 0 Å². The number of likely N-dealkylation sites (tertiary alicyclic amines) is 1. The molecule has 1 saturated heterocycles. The minimum atomic E-state index is -1.37. The maximum absolute atomic E-state index is 12.8. The maximum atomic E-state index is 12.8. The molecule has 0 aromatic heterocycles. The number of fused-ring (bicyclic) bond motifs is 1. The smallest absolute Gasteiger partial charge is 0.407 e. The van der Waals surface area contributed by atoms with Crippen molar-refractivity contribution in [3.05, 3.63) is 29.3 Å². The molecule has 0 saturated carbocycles. The molecule has 1 unspecified atom stereocenters. The van der Waals surface area contributed by atoms with E-state index in [4.69, 9.17) is 4.74 Å². The zero-order valence-corrected chi connectivity index (χ0v) is 16.6. The van der Waals surface area contributed by atoms with E-state index in [1.807, 2.05) is 39.0 Å². The van der Waals surface area contributed by atoms with Crippen LogP contribution in [0.15, 0.2) is 22.6 Å². The number of nitrogens with zero attached hydrogens (tertiary/aromatic N) is 2. The molecule has 0 radical (unpaired) electrons. The van der Waals surface area contributed by atoms with Gasteiger partial charge in [0.15, 0.2) is 0 Å². The predicted octanol–water partition coefficient (Wildman–Crippen LogP) is 3.26. The standard InChI is InChI=1S/C19H26N2O4S/c1-18(2,3)26(24)20-16-13-6-5-7-15(25-4)14(13)12-19(16)8-10-21(11-9-19)17(22)23/h5-7H,8-12H2,1-4H3,(H,22,23). The van der Waals surface area contributed by atoms with Crippen LogP contribution < -0.4 is 4.74 Å². The Kier molecular flexibility index (Phi) is 4.96. The second-order valence-corrected chi connectivity index (χ2v) is 9.92. The molecule has 1 aliphatic heterocycles. The molecule has 1 fully saturated rings. The molecule has 2 aliphatic rings. The molecule has 26 heavy (non-hydrogen) atoms. The van der Waals surface area contributed by atoms with Crippen LogP contribution >= 0.6 is 0 Å². The van der Waals surface area contributed by atoms with Gasteiger partial charge in [0, 0.05) is 29.6 Å². The highest BCUT2D eigenvalue weighted by Crippen LogP contribution is 2.48. The summed E-state index contributed by atoms with van der Waals surface area (Å²) in [5.41, 5.74) is 2.66. The van der Waals surface area contributed by atoms with Crippen LogP contribution in [0.4, 0.5) is 4.79 Å². The summed E-state index contributed by atoms with van der Waals surface area (Å²) in [7, 11) is 1.65. The van der Waals surface area contributed by atoms with E-state index < -0.39 is 22.2 Å². The minimum Gasteiger partial charge on any atom is -0.591 e. The van der Waals surface area contributed by atoms with Crippen molar-refractivity contribution in [2.75, 3.05) is 20.2 Å². The summed E-state index contributed by atoms with van der Waals surface area (Å²) in [5.74, 6) is 0.814. The zero-order chi connectivity index (χ0) is 19.1. The number of carbonyl (C=O) groups is 1. The van der Waals surface area contributed by atoms with Gasteiger partial charge in [-0.05, 0) is 46.1 Å². The lowest BCUT2D eigenvalue weighted by Crippen LogP contribution is -2.45. The molecule has 0 bridgehead atoms. The van der Waals surface area contributed by atoms with E-state index in [1.54, 1.807) is 7.11 Å². The monoisotopic (exact) mass is 378 g/mol. The van der Waals surface area contributed by atoms with E-state index in [0.717, 1.165) is 29.0 Å². The average molecular weight is 378 g/mol. The summed E-state index contributed by atoms with van der Waals surface area (Å²) in [5, 5.41) is 9.27. The molecule has 1 aliphatic carbocycles. The highest BCUT2D eigenvalue weighted by molar-refractivity contribution is 7.91. The summed E-state index contributed by atoms with van der Waals surface area (Å²) < 4.78 is 22.5. The lowest BCUT2D eigenvalue weighted by Gasteiger charge is -2.38. The Bertz CT molecular complexity index is 734. The van der Waals surface area contributed by atoms with Gasteiger partial charge in [-0.2, -0.15) is 0 Å². The summed E-state index contributed by atoms with van der Waals surface area (Å²) in [6.45, 7) is 6.66. The fourth-order valence-electron chi connectivity index (χ4n) is 3.77. The van der Waals surface area contributed by atoms with Crippen molar-refractivity contribution >= 4 is 23.2 Å². The van der Waals surface area contributed by atoms with Gasteiger partial charge in [-0.25, -0.2) is 4.79 Å². The largest absolute Gasteiger partial charge is 0.591 e. The summed E-state index contributed by atoms with van der Waals surface area (Å²) in [6.07, 6.45) is 1.22. The first-order chi connectivity index (χ1) is 12.2. The first-order valence-corrected chi connectivity index (χ1v) is 9.94. The molecule has 1 aromatic rings. The van der Waals surface area contributed by atoms with Crippen LogP contribution in [0.25, 0.3) is 0 Å². The van der Waals surface area contributed by atoms with Crippen molar-refractivity contribution in [2.45, 2.75) is 44.8 Å². The van der Waals surface area contributed by atoms with Gasteiger partial charge in [-0.3, -0.25) is 0 Å². The van der Waals surface area contributed by atoms with Crippen molar-refractivity contribution in [1.29, 1.82) is 0 Å². The van der Waals surface area contributed by atoms with Gasteiger partial charge >= 0.3 is 6.09 Å². The number of amides is 1. The second kappa shape index (κ2) is 6.78. The highest BCUT2D eigenvalue weighted by Gasteiger charge is 2.49. The number of rotatable bonds is 2. The number of hydrogen-bond donors (Lipinski definition) is 1. The van der Waals surface area contributed by atoms with E-state index in [9.17, 15) is 14.5 Å². The van der Waals surface area contributed by atoms with Gasteiger partial charge in [0.1, 0.15) is 27.6 Å². The Morgan fingerprint density at radius 2 is 2.00 bits per heavy atom. The number of hydrogen-bond acceptors (Lipinski definition) is 4. The lowest BCUT2D eigenvalue weighted by atomic mass is 9.74. The summed E-state index contributed by atoms with van der Waals surface area (Å²) in [6, 6.07) is 5.87. The molecular weight excluding hydrogens is 352 g/mol. The third-order valence-electron chi connectivity index (χ3n) is 5.31. The van der Waals surface area contributed by atoms with Crippen LogP contribution in [0.2, 0.25) is 0 Å². The molecule has 1 spiro atoms. The van der Waals surface area contributed by atoms with Gasteiger partial charge in [-0.15, -0.1) is 0 Å². The Morgan fingerprint density at radius 3 is 2.54 bits per heavy atom. The van der Waals surface area contributed by atoms with Crippen molar-refractivity contribution in [2.24, 2.45) is 9.81 Å². The van der Waals surface area contributed by atoms with Crippen LogP contribution in [0.1, 0.15) is 44.7 Å². The predicted molar refractivity (Wildman–Crippen MR) is 102 cm³/mol. The third-order valence-corrected chi connectivity index (χ3v) is 6.71. The van der Waals surface area contributed by atoms with E-state index >= 15 is 0 Å². The van der Waals surface area contributed by atoms with Crippen molar-refractivity contribution in [3.63, 3.8) is 0 Å². The topological polar surface area (TPSA) is 85.2 Å². The molecule has 7 heteroatoms. The fraction of sp³-hybridized carbons (Fsp3) is 0.579. The minimum absolute atomic E-state index is 0.274. The number of benzene rings is 1. The summed E-state index contributed by atoms with van der Waals surface area (Å²) >= 11 is -1.37. The average Bonchev–Trinajstić information content (AvgIpc) is 2.87. The van der Waals surface area contributed by atoms with Crippen LogP contribution in [0.5, 0.6) is 5.75 Å². The second-order valence-electron chi connectivity index (χ2n) is 8.01. The Labute approximate surface area is 157 Å². The first kappa shape index (κ1) is 19.0. The Hall–Kier alpha value is -1.73. The number of ether oxygens (including phenoxy) is 1. The Morgan fingerprint density at radius 1 is 1.35 bits per heavy atom. The number of piperidine rings is 1. The quantitative estimate of drug-likeness (QED) is 0.801. The van der Waals surface area contributed by atoms with E-state index in [2.05, 4.69) is 4.40 Å². The molecule has 1 amide bonds. The highest BCUT2D eigenvalue weighted by atomic mass is 32.2. The zero-order valence-electron chi connectivity index (χ0n) is 15.7. The van der Waals surface area contributed by atoms with Crippen molar-refractivity contribution < 1.29 is 19.2 Å². The molecule has 142 valence electrons.